The van der Waals surface area contributed by atoms with Gasteiger partial charge < -0.3 is 5.32 Å². The summed E-state index contributed by atoms with van der Waals surface area (Å²) >= 11 is 4.42. The fraction of sp³-hybridized carbons (Fsp3) is 0.118. The third-order valence-corrected chi connectivity index (χ3v) is 4.42. The molecule has 0 unspecified atom stereocenters. The molecular weight excluding hydrogens is 425 g/mol. The lowest BCUT2D eigenvalue weighted by atomic mass is 10.2. The predicted molar refractivity (Wildman–Crippen MR) is 102 cm³/mol. The van der Waals surface area contributed by atoms with Crippen LogP contribution in [0, 0.1) is 5.82 Å². The molecule has 2 rings (SSSR count). The molecule has 0 saturated heterocycles. The highest BCUT2D eigenvalue weighted by molar-refractivity contribution is 9.10. The highest BCUT2D eigenvalue weighted by atomic mass is 79.9. The maximum atomic E-state index is 12.8. The van der Waals surface area contributed by atoms with E-state index in [2.05, 4.69) is 32.1 Å². The quantitative estimate of drug-likeness (QED) is 0.603. The van der Waals surface area contributed by atoms with Crippen molar-refractivity contribution in [2.24, 2.45) is 0 Å². The molecule has 136 valence electrons. The van der Waals surface area contributed by atoms with Gasteiger partial charge in [-0.05, 0) is 42.5 Å². The van der Waals surface area contributed by atoms with E-state index < -0.39 is 17.6 Å². The van der Waals surface area contributed by atoms with Crippen molar-refractivity contribution in [2.45, 2.75) is 0 Å². The Balaban J connectivity index is 1.66. The van der Waals surface area contributed by atoms with Gasteiger partial charge in [-0.2, -0.15) is 0 Å². The van der Waals surface area contributed by atoms with E-state index in [4.69, 9.17) is 0 Å². The molecule has 0 spiro atoms. The summed E-state index contributed by atoms with van der Waals surface area (Å²) in [5.74, 6) is -1.63. The first-order valence-electron chi connectivity index (χ1n) is 7.42. The van der Waals surface area contributed by atoms with Crippen LogP contribution in [0.5, 0.6) is 0 Å². The molecule has 26 heavy (non-hydrogen) atoms. The summed E-state index contributed by atoms with van der Waals surface area (Å²) in [6.45, 7) is 0. The summed E-state index contributed by atoms with van der Waals surface area (Å²) in [6, 6.07) is 12.1. The molecule has 0 radical (unpaired) electrons. The predicted octanol–water partition coefficient (Wildman–Crippen LogP) is 2.72. The number of benzene rings is 2. The first kappa shape index (κ1) is 19.9. The summed E-state index contributed by atoms with van der Waals surface area (Å²) in [4.78, 5) is 35.2. The van der Waals surface area contributed by atoms with E-state index in [1.54, 1.807) is 18.2 Å². The highest BCUT2D eigenvalue weighted by Crippen LogP contribution is 2.15. The first-order valence-corrected chi connectivity index (χ1v) is 9.37. The van der Waals surface area contributed by atoms with Crippen LogP contribution in [-0.4, -0.2) is 29.2 Å². The van der Waals surface area contributed by atoms with Gasteiger partial charge in [0.05, 0.1) is 11.5 Å². The van der Waals surface area contributed by atoms with Gasteiger partial charge in [-0.15, -0.1) is 11.8 Å². The second-order valence-corrected chi connectivity index (χ2v) is 6.96. The normalized spacial score (nSPS) is 10.1. The molecule has 3 amide bonds. The number of halogens is 2. The molecule has 0 atom stereocenters. The van der Waals surface area contributed by atoms with Crippen LogP contribution in [0.4, 0.5) is 10.1 Å². The minimum Gasteiger partial charge on any atom is -0.325 e. The van der Waals surface area contributed by atoms with Gasteiger partial charge in [-0.1, -0.05) is 22.0 Å². The Hall–Kier alpha value is -2.39. The summed E-state index contributed by atoms with van der Waals surface area (Å²) < 4.78 is 13.6. The Labute approximate surface area is 162 Å². The van der Waals surface area contributed by atoms with E-state index in [-0.39, 0.29) is 23.0 Å². The fourth-order valence-corrected chi connectivity index (χ4v) is 2.85. The van der Waals surface area contributed by atoms with Crippen LogP contribution in [0.2, 0.25) is 0 Å². The number of hydrogen-bond acceptors (Lipinski definition) is 4. The summed E-state index contributed by atoms with van der Waals surface area (Å²) in [5, 5.41) is 2.71. The lowest BCUT2D eigenvalue weighted by Gasteiger charge is -2.08. The van der Waals surface area contributed by atoms with Crippen molar-refractivity contribution >= 4 is 51.1 Å². The van der Waals surface area contributed by atoms with E-state index in [1.807, 2.05) is 6.07 Å². The number of carbonyl (C=O) groups is 3. The maximum absolute atomic E-state index is 12.8. The number of anilines is 1. The molecule has 0 aliphatic heterocycles. The van der Waals surface area contributed by atoms with E-state index in [9.17, 15) is 18.8 Å². The third-order valence-electron chi connectivity index (χ3n) is 3.00. The smallest absolute Gasteiger partial charge is 0.269 e. The van der Waals surface area contributed by atoms with Gasteiger partial charge in [0, 0.05) is 15.7 Å². The van der Waals surface area contributed by atoms with Crippen molar-refractivity contribution in [3.05, 3.63) is 64.4 Å². The van der Waals surface area contributed by atoms with Crippen molar-refractivity contribution in [1.82, 2.24) is 10.9 Å². The molecule has 0 fully saturated rings. The van der Waals surface area contributed by atoms with Crippen LogP contribution in [0.25, 0.3) is 0 Å². The van der Waals surface area contributed by atoms with Crippen LogP contribution in [-0.2, 0) is 9.59 Å². The Kier molecular flexibility index (Phi) is 7.61. The SMILES string of the molecule is O=C(CSCC(=O)Nc1cccc(Br)c1)NNC(=O)c1ccc(F)cc1. The molecule has 6 nitrogen and oxygen atoms in total. The van der Waals surface area contributed by atoms with Crippen LogP contribution in [0.1, 0.15) is 10.4 Å². The molecule has 3 N–H and O–H groups in total. The number of hydrazine groups is 1. The van der Waals surface area contributed by atoms with Gasteiger partial charge in [0.25, 0.3) is 5.91 Å². The van der Waals surface area contributed by atoms with Crippen molar-refractivity contribution in [3.8, 4) is 0 Å². The van der Waals surface area contributed by atoms with Gasteiger partial charge in [-0.3, -0.25) is 25.2 Å². The Morgan fingerprint density at radius 2 is 1.65 bits per heavy atom. The van der Waals surface area contributed by atoms with Crippen LogP contribution >= 0.6 is 27.7 Å². The largest absolute Gasteiger partial charge is 0.325 e. The van der Waals surface area contributed by atoms with Gasteiger partial charge in [-0.25, -0.2) is 4.39 Å². The third kappa shape index (κ3) is 6.85. The van der Waals surface area contributed by atoms with Crippen molar-refractivity contribution in [1.29, 1.82) is 0 Å². The van der Waals surface area contributed by atoms with E-state index in [1.165, 1.54) is 12.1 Å². The monoisotopic (exact) mass is 439 g/mol. The van der Waals surface area contributed by atoms with Gasteiger partial charge in [0.1, 0.15) is 5.82 Å². The molecule has 9 heteroatoms. The second-order valence-electron chi connectivity index (χ2n) is 5.06. The zero-order valence-corrected chi connectivity index (χ0v) is 15.8. The number of rotatable bonds is 6. The van der Waals surface area contributed by atoms with Gasteiger partial charge in [0.2, 0.25) is 11.8 Å². The molecular formula is C17H15BrFN3O3S. The lowest BCUT2D eigenvalue weighted by molar-refractivity contribution is -0.119. The zero-order valence-electron chi connectivity index (χ0n) is 13.4. The molecule has 0 bridgehead atoms. The first-order chi connectivity index (χ1) is 12.4. The summed E-state index contributed by atoms with van der Waals surface area (Å²) in [5.41, 5.74) is 5.33. The van der Waals surface area contributed by atoms with Crippen LogP contribution in [0.15, 0.2) is 53.0 Å². The standard InChI is InChI=1S/C17H15BrFN3O3S/c18-12-2-1-3-14(8-12)20-15(23)9-26-10-16(24)21-22-17(25)11-4-6-13(19)7-5-11/h1-8H,9-10H2,(H,20,23)(H,21,24)(H,22,25). The molecule has 0 saturated carbocycles. The molecule has 0 aliphatic rings. The number of hydrogen-bond donors (Lipinski definition) is 3. The Morgan fingerprint density at radius 1 is 0.962 bits per heavy atom. The van der Waals surface area contributed by atoms with Gasteiger partial charge in [0.15, 0.2) is 0 Å². The molecule has 2 aromatic rings. The Bertz CT molecular complexity index is 802. The van der Waals surface area contributed by atoms with Crippen molar-refractivity contribution in [2.75, 3.05) is 16.8 Å². The van der Waals surface area contributed by atoms with Crippen LogP contribution in [0.3, 0.4) is 0 Å². The van der Waals surface area contributed by atoms with Crippen LogP contribution < -0.4 is 16.2 Å². The molecule has 0 aliphatic carbocycles. The number of carbonyl (C=O) groups excluding carboxylic acids is 3. The molecule has 0 heterocycles. The summed E-state index contributed by atoms with van der Waals surface area (Å²) in [7, 11) is 0. The maximum Gasteiger partial charge on any atom is 0.269 e. The minimum atomic E-state index is -0.559. The second kappa shape index (κ2) is 9.93. The lowest BCUT2D eigenvalue weighted by Crippen LogP contribution is -2.42. The minimum absolute atomic E-state index is 0.00436. The number of thioether (sulfide) groups is 1. The molecule has 2 aromatic carbocycles. The number of nitrogens with one attached hydrogen (secondary N) is 3. The van der Waals surface area contributed by atoms with Crippen molar-refractivity contribution < 1.29 is 18.8 Å². The van der Waals surface area contributed by atoms with E-state index in [0.29, 0.717) is 5.69 Å². The topological polar surface area (TPSA) is 87.3 Å². The zero-order chi connectivity index (χ0) is 18.9. The number of amides is 3. The molecule has 0 aromatic heterocycles. The highest BCUT2D eigenvalue weighted by Gasteiger charge is 2.09. The Morgan fingerprint density at radius 3 is 2.35 bits per heavy atom. The average molecular weight is 440 g/mol. The average Bonchev–Trinajstić information content (AvgIpc) is 2.60. The van der Waals surface area contributed by atoms with Gasteiger partial charge >= 0.3 is 0 Å². The fourth-order valence-electron chi connectivity index (χ4n) is 1.84. The van der Waals surface area contributed by atoms with E-state index >= 15 is 0 Å². The summed E-state index contributed by atoms with van der Waals surface area (Å²) in [6.07, 6.45) is 0. The van der Waals surface area contributed by atoms with E-state index in [0.717, 1.165) is 28.4 Å². The van der Waals surface area contributed by atoms with Crippen molar-refractivity contribution in [3.63, 3.8) is 0 Å².